The van der Waals surface area contributed by atoms with Crippen LogP contribution in [0.2, 0.25) is 0 Å². The molecule has 6 heteroatoms. The highest BCUT2D eigenvalue weighted by Crippen LogP contribution is 2.40. The van der Waals surface area contributed by atoms with Crippen molar-refractivity contribution in [2.75, 3.05) is 7.11 Å². The summed E-state index contributed by atoms with van der Waals surface area (Å²) in [5.74, 6) is 0.447. The predicted octanol–water partition coefficient (Wildman–Crippen LogP) is 6.02. The van der Waals surface area contributed by atoms with Crippen LogP contribution in [0.1, 0.15) is 79.7 Å². The fourth-order valence-corrected chi connectivity index (χ4v) is 4.38. The third-order valence-electron chi connectivity index (χ3n) is 5.93. The van der Waals surface area contributed by atoms with Crippen LogP contribution in [0.4, 0.5) is 0 Å². The van der Waals surface area contributed by atoms with Gasteiger partial charge in [0, 0.05) is 36.8 Å². The van der Waals surface area contributed by atoms with Gasteiger partial charge in [-0.3, -0.25) is 9.59 Å². The van der Waals surface area contributed by atoms with Crippen molar-refractivity contribution in [1.82, 2.24) is 5.06 Å². The fraction of sp³-hybridized carbons (Fsp3) is 0.571. The van der Waals surface area contributed by atoms with Gasteiger partial charge < -0.3 is 14.7 Å². The minimum Gasteiger partial charge on any atom is -0.493 e. The van der Waals surface area contributed by atoms with Crippen molar-refractivity contribution in [1.29, 1.82) is 0 Å². The highest BCUT2D eigenvalue weighted by molar-refractivity contribution is 6.37. The van der Waals surface area contributed by atoms with Crippen LogP contribution in [0.25, 0.3) is 6.08 Å². The average molecular weight is 472 g/mol. The van der Waals surface area contributed by atoms with Gasteiger partial charge in [-0.25, -0.2) is 0 Å². The van der Waals surface area contributed by atoms with Gasteiger partial charge in [0.05, 0.1) is 7.11 Å². The Morgan fingerprint density at radius 2 is 1.59 bits per heavy atom. The number of piperidine rings is 1. The summed E-state index contributed by atoms with van der Waals surface area (Å²) < 4.78 is 11.8. The molecule has 0 bridgehead atoms. The van der Waals surface area contributed by atoms with Crippen molar-refractivity contribution in [3.8, 4) is 11.5 Å². The van der Waals surface area contributed by atoms with Crippen LogP contribution in [0, 0.1) is 5.41 Å². The number of benzene rings is 1. The van der Waals surface area contributed by atoms with E-state index in [0.29, 0.717) is 24.3 Å². The van der Waals surface area contributed by atoms with Gasteiger partial charge in [0.2, 0.25) is 11.6 Å². The standard InChI is InChI=1S/C28H41NO5/c1-26(2,3)16-10-13-23(31)22(30)12-9-11-20-14-15-24(33-8)25(17-20)34-21-18-27(4,5)29(32)28(6,7)19-21/h9-11,14-17,21,32H,12-13,18-19H2,1-8H3/b11-9-,16-10-. The molecule has 1 N–H and O–H groups in total. The lowest BCUT2D eigenvalue weighted by molar-refractivity contribution is -0.254. The molecule has 188 valence electrons. The van der Waals surface area contributed by atoms with Crippen molar-refractivity contribution in [2.24, 2.45) is 5.41 Å². The van der Waals surface area contributed by atoms with E-state index in [4.69, 9.17) is 9.47 Å². The molecular weight excluding hydrogens is 430 g/mol. The second-order valence-corrected chi connectivity index (χ2v) is 11.4. The quantitative estimate of drug-likeness (QED) is 0.351. The number of hydrogen-bond donors (Lipinski definition) is 1. The number of methoxy groups -OCH3 is 1. The third-order valence-corrected chi connectivity index (χ3v) is 5.93. The zero-order chi connectivity index (χ0) is 25.7. The van der Waals surface area contributed by atoms with E-state index in [9.17, 15) is 14.8 Å². The Labute approximate surface area is 204 Å². The largest absolute Gasteiger partial charge is 0.493 e. The zero-order valence-corrected chi connectivity index (χ0v) is 22.0. The van der Waals surface area contributed by atoms with Crippen LogP contribution in [0.5, 0.6) is 11.5 Å². The molecule has 1 aromatic rings. The summed E-state index contributed by atoms with van der Waals surface area (Å²) in [6, 6.07) is 5.58. The number of hydrogen-bond acceptors (Lipinski definition) is 6. The summed E-state index contributed by atoms with van der Waals surface area (Å²) in [4.78, 5) is 24.2. The molecule has 0 amide bonds. The zero-order valence-electron chi connectivity index (χ0n) is 22.0. The Balaban J connectivity index is 2.06. The average Bonchev–Trinajstić information content (AvgIpc) is 2.70. The number of hydroxylamine groups is 2. The molecule has 1 heterocycles. The monoisotopic (exact) mass is 471 g/mol. The maximum absolute atomic E-state index is 12.2. The van der Waals surface area contributed by atoms with Gasteiger partial charge in [0.1, 0.15) is 6.10 Å². The number of Topliss-reactive ketones (excluding diaryl/α,β-unsaturated/α-hetero) is 2. The SMILES string of the molecule is COc1ccc(/C=C\CC(=O)C(=O)C/C=C\C(C)(C)C)cc1OC1CC(C)(C)N(O)C(C)(C)C1. The molecule has 0 saturated carbocycles. The molecule has 0 unspecified atom stereocenters. The summed E-state index contributed by atoms with van der Waals surface area (Å²) in [6.45, 7) is 14.1. The lowest BCUT2D eigenvalue weighted by atomic mass is 9.80. The molecule has 1 aromatic carbocycles. The molecule has 1 aliphatic heterocycles. The summed E-state index contributed by atoms with van der Waals surface area (Å²) in [7, 11) is 1.60. The molecule has 6 nitrogen and oxygen atoms in total. The van der Waals surface area contributed by atoms with Crippen molar-refractivity contribution in [3.63, 3.8) is 0 Å². The summed E-state index contributed by atoms with van der Waals surface area (Å²) in [6.07, 6.45) is 8.64. The predicted molar refractivity (Wildman–Crippen MR) is 135 cm³/mol. The van der Waals surface area contributed by atoms with Gasteiger partial charge in [0.15, 0.2) is 11.5 Å². The van der Waals surface area contributed by atoms with Crippen LogP contribution in [0.3, 0.4) is 0 Å². The van der Waals surface area contributed by atoms with Gasteiger partial charge >= 0.3 is 0 Å². The number of rotatable bonds is 9. The van der Waals surface area contributed by atoms with Crippen molar-refractivity contribution in [2.45, 2.75) is 91.3 Å². The third kappa shape index (κ3) is 7.81. The molecule has 1 fully saturated rings. The Bertz CT molecular complexity index is 919. The molecule has 1 saturated heterocycles. The first kappa shape index (κ1) is 27.8. The van der Waals surface area contributed by atoms with Crippen LogP contribution in [-0.4, -0.2) is 46.1 Å². The minimum atomic E-state index is -0.424. The summed E-state index contributed by atoms with van der Waals surface area (Å²) >= 11 is 0. The van der Waals surface area contributed by atoms with Gasteiger partial charge in [-0.15, -0.1) is 0 Å². The Kier molecular flexibility index (Phi) is 8.89. The van der Waals surface area contributed by atoms with E-state index in [1.807, 2.05) is 78.8 Å². The lowest BCUT2D eigenvalue weighted by Crippen LogP contribution is -2.61. The molecule has 0 aromatic heterocycles. The summed E-state index contributed by atoms with van der Waals surface area (Å²) in [5.41, 5.74) is -0.0159. The molecule has 0 radical (unpaired) electrons. The number of ketones is 2. The van der Waals surface area contributed by atoms with E-state index in [2.05, 4.69) is 0 Å². The number of allylic oxidation sites excluding steroid dienone is 3. The van der Waals surface area contributed by atoms with Gasteiger partial charge in [-0.2, -0.15) is 5.06 Å². The fourth-order valence-electron chi connectivity index (χ4n) is 4.38. The minimum absolute atomic E-state index is 0.0159. The lowest BCUT2D eigenvalue weighted by Gasteiger charge is -2.51. The Hall–Kier alpha value is -2.44. The molecule has 0 spiro atoms. The van der Waals surface area contributed by atoms with E-state index in [1.165, 1.54) is 5.06 Å². The van der Waals surface area contributed by atoms with Gasteiger partial charge in [0.25, 0.3) is 0 Å². The van der Waals surface area contributed by atoms with Crippen molar-refractivity contribution < 1.29 is 24.3 Å². The van der Waals surface area contributed by atoms with Crippen LogP contribution in [0.15, 0.2) is 36.4 Å². The Morgan fingerprint density at radius 1 is 1.03 bits per heavy atom. The normalized spacial score (nSPS) is 19.0. The van der Waals surface area contributed by atoms with E-state index in [1.54, 1.807) is 19.3 Å². The van der Waals surface area contributed by atoms with E-state index < -0.39 is 16.9 Å². The smallest absolute Gasteiger partial charge is 0.202 e. The van der Waals surface area contributed by atoms with Crippen LogP contribution in [-0.2, 0) is 9.59 Å². The molecule has 0 aliphatic carbocycles. The highest BCUT2D eigenvalue weighted by atomic mass is 16.5. The molecule has 2 rings (SSSR count). The van der Waals surface area contributed by atoms with Gasteiger partial charge in [-0.05, 0) is 50.8 Å². The highest BCUT2D eigenvalue weighted by Gasteiger charge is 2.46. The van der Waals surface area contributed by atoms with Crippen LogP contribution < -0.4 is 9.47 Å². The maximum atomic E-state index is 12.2. The first-order valence-electron chi connectivity index (χ1n) is 11.9. The number of nitrogens with zero attached hydrogens (tertiary/aromatic N) is 1. The first-order chi connectivity index (χ1) is 15.6. The van der Waals surface area contributed by atoms with E-state index in [-0.39, 0.29) is 30.1 Å². The first-order valence-corrected chi connectivity index (χ1v) is 11.9. The number of carbonyl (C=O) groups is 2. The molecule has 1 aliphatic rings. The number of carbonyl (C=O) groups excluding carboxylic acids is 2. The molecular formula is C28H41NO5. The van der Waals surface area contributed by atoms with Crippen LogP contribution >= 0.6 is 0 Å². The maximum Gasteiger partial charge on any atom is 0.202 e. The topological polar surface area (TPSA) is 76.1 Å². The number of ether oxygens (including phenoxy) is 2. The Morgan fingerprint density at radius 3 is 2.12 bits per heavy atom. The van der Waals surface area contributed by atoms with E-state index >= 15 is 0 Å². The van der Waals surface area contributed by atoms with Crippen molar-refractivity contribution >= 4 is 17.6 Å². The van der Waals surface area contributed by atoms with Gasteiger partial charge in [-0.1, -0.05) is 51.1 Å². The molecule has 34 heavy (non-hydrogen) atoms. The second-order valence-electron chi connectivity index (χ2n) is 11.4. The molecule has 0 atom stereocenters. The summed E-state index contributed by atoms with van der Waals surface area (Å²) in [5, 5.41) is 12.0. The van der Waals surface area contributed by atoms with E-state index in [0.717, 1.165) is 5.56 Å². The van der Waals surface area contributed by atoms with Crippen molar-refractivity contribution in [3.05, 3.63) is 42.0 Å². The second kappa shape index (κ2) is 10.9.